The van der Waals surface area contributed by atoms with Crippen LogP contribution >= 0.6 is 23.1 Å². The van der Waals surface area contributed by atoms with E-state index in [-0.39, 0.29) is 11.3 Å². The summed E-state index contributed by atoms with van der Waals surface area (Å²) in [6.07, 6.45) is 3.20. The number of aromatic nitrogens is 2. The fourth-order valence-corrected chi connectivity index (χ4v) is 6.82. The van der Waals surface area contributed by atoms with Gasteiger partial charge in [-0.1, -0.05) is 17.8 Å². The maximum absolute atomic E-state index is 13.0. The molecule has 146 valence electrons. The van der Waals surface area contributed by atoms with Crippen molar-refractivity contribution >= 4 is 39.1 Å². The van der Waals surface area contributed by atoms with Crippen molar-refractivity contribution in [2.45, 2.75) is 57.9 Å². The van der Waals surface area contributed by atoms with Crippen LogP contribution in [0.15, 0.2) is 16.0 Å². The fourth-order valence-electron chi connectivity index (χ4n) is 4.36. The van der Waals surface area contributed by atoms with Gasteiger partial charge >= 0.3 is 0 Å². The number of benzene rings is 1. The third-order valence-corrected chi connectivity index (χ3v) is 7.98. The Balaban J connectivity index is 1.73. The van der Waals surface area contributed by atoms with E-state index in [1.807, 2.05) is 20.9 Å². The highest BCUT2D eigenvalue weighted by atomic mass is 32.2. The minimum atomic E-state index is 0.0636. The maximum atomic E-state index is 13.0. The van der Waals surface area contributed by atoms with Gasteiger partial charge in [0, 0.05) is 23.2 Å². The van der Waals surface area contributed by atoms with E-state index in [2.05, 4.69) is 13.0 Å². The second-order valence-corrected chi connectivity index (χ2v) is 9.66. The van der Waals surface area contributed by atoms with Gasteiger partial charge in [-0.2, -0.15) is 0 Å². The van der Waals surface area contributed by atoms with Gasteiger partial charge in [-0.15, -0.1) is 11.3 Å². The van der Waals surface area contributed by atoms with E-state index in [0.717, 1.165) is 56.9 Å². The number of Topliss-reactive ketones (excluding diaryl/α,β-unsaturated/α-hetero) is 1. The predicted molar refractivity (Wildman–Crippen MR) is 117 cm³/mol. The molecule has 0 amide bonds. The third kappa shape index (κ3) is 3.03. The first kappa shape index (κ1) is 19.4. The Morgan fingerprint density at radius 1 is 1.25 bits per heavy atom. The molecule has 4 nitrogen and oxygen atoms in total. The van der Waals surface area contributed by atoms with E-state index in [0.29, 0.717) is 5.75 Å². The molecule has 3 aromatic rings. The molecule has 0 N–H and O–H groups in total. The summed E-state index contributed by atoms with van der Waals surface area (Å²) >= 11 is 3.25. The van der Waals surface area contributed by atoms with Crippen LogP contribution in [0.3, 0.4) is 0 Å². The lowest BCUT2D eigenvalue weighted by Crippen LogP contribution is -2.20. The summed E-state index contributed by atoms with van der Waals surface area (Å²) in [6.45, 7) is 7.71. The normalized spacial score (nSPS) is 13.3. The monoisotopic (exact) mass is 412 g/mol. The van der Waals surface area contributed by atoms with E-state index in [1.54, 1.807) is 34.6 Å². The molecule has 1 aliphatic rings. The number of rotatable bonds is 4. The van der Waals surface area contributed by atoms with Crippen molar-refractivity contribution in [2.75, 3.05) is 0 Å². The number of nitrogens with zero attached hydrogens (tertiary/aromatic N) is 2. The summed E-state index contributed by atoms with van der Waals surface area (Å²) in [5.41, 5.74) is 6.50. The van der Waals surface area contributed by atoms with Crippen molar-refractivity contribution in [3.63, 3.8) is 0 Å². The molecule has 6 heteroatoms. The van der Waals surface area contributed by atoms with E-state index in [4.69, 9.17) is 4.98 Å². The minimum Gasteiger partial charge on any atom is -0.294 e. The number of hydrogen-bond donors (Lipinski definition) is 0. The van der Waals surface area contributed by atoms with Crippen LogP contribution in [-0.4, -0.2) is 15.3 Å². The summed E-state index contributed by atoms with van der Waals surface area (Å²) < 4.78 is 1.68. The average Bonchev–Trinajstić information content (AvgIpc) is 3.18. The lowest BCUT2D eigenvalue weighted by molar-refractivity contribution is 0.101. The molecular weight excluding hydrogens is 388 g/mol. The van der Waals surface area contributed by atoms with Crippen molar-refractivity contribution in [3.8, 4) is 0 Å². The molecule has 0 spiro atoms. The van der Waals surface area contributed by atoms with Gasteiger partial charge < -0.3 is 0 Å². The molecule has 4 rings (SSSR count). The summed E-state index contributed by atoms with van der Waals surface area (Å²) in [4.78, 5) is 32.1. The standard InChI is InChI=1S/C22H24N2O2S2/c1-11-9-12(2)18(14(4)25)13(3)16(11)10-27-22-23-20-19(21(26)24(22)5)15-7-6-8-17(15)28-20/h9H,6-8,10H2,1-5H3. The van der Waals surface area contributed by atoms with Crippen LogP contribution < -0.4 is 5.56 Å². The first-order valence-corrected chi connectivity index (χ1v) is 11.3. The number of carbonyl (C=O) groups is 1. The number of fused-ring (bicyclic) bond motifs is 3. The smallest absolute Gasteiger partial charge is 0.262 e. The zero-order valence-electron chi connectivity index (χ0n) is 16.9. The van der Waals surface area contributed by atoms with Gasteiger partial charge in [0.15, 0.2) is 10.9 Å². The van der Waals surface area contributed by atoms with Crippen molar-refractivity contribution in [2.24, 2.45) is 7.05 Å². The highest BCUT2D eigenvalue weighted by Gasteiger charge is 2.23. The van der Waals surface area contributed by atoms with E-state index < -0.39 is 0 Å². The summed E-state index contributed by atoms with van der Waals surface area (Å²) in [7, 11) is 1.81. The van der Waals surface area contributed by atoms with Crippen LogP contribution in [-0.2, 0) is 25.6 Å². The average molecular weight is 413 g/mol. The molecule has 1 aliphatic carbocycles. The molecule has 0 saturated heterocycles. The van der Waals surface area contributed by atoms with E-state index >= 15 is 0 Å². The number of hydrogen-bond acceptors (Lipinski definition) is 5. The first-order valence-electron chi connectivity index (χ1n) is 9.54. The Labute approximate surface area is 173 Å². The van der Waals surface area contributed by atoms with Crippen LogP contribution in [0.4, 0.5) is 0 Å². The number of ketones is 1. The molecule has 0 unspecified atom stereocenters. The summed E-state index contributed by atoms with van der Waals surface area (Å²) in [5.74, 6) is 0.788. The molecule has 2 aromatic heterocycles. The van der Waals surface area contributed by atoms with Crippen molar-refractivity contribution < 1.29 is 4.79 Å². The fraction of sp³-hybridized carbons (Fsp3) is 0.409. The van der Waals surface area contributed by atoms with Crippen molar-refractivity contribution in [3.05, 3.63) is 54.7 Å². The van der Waals surface area contributed by atoms with Crippen molar-refractivity contribution in [1.82, 2.24) is 9.55 Å². The number of carbonyl (C=O) groups excluding carboxylic acids is 1. The zero-order valence-corrected chi connectivity index (χ0v) is 18.6. The summed E-state index contributed by atoms with van der Waals surface area (Å²) in [5, 5.41) is 1.56. The third-order valence-electron chi connectivity index (χ3n) is 5.73. The Bertz CT molecular complexity index is 1190. The van der Waals surface area contributed by atoms with Crippen LogP contribution in [0.2, 0.25) is 0 Å². The second kappa shape index (κ2) is 7.16. The highest BCUT2D eigenvalue weighted by molar-refractivity contribution is 7.98. The Morgan fingerprint density at radius 2 is 2.00 bits per heavy atom. The van der Waals surface area contributed by atoms with Crippen LogP contribution in [0.25, 0.3) is 10.2 Å². The molecule has 2 heterocycles. The van der Waals surface area contributed by atoms with Gasteiger partial charge in [0.1, 0.15) is 4.83 Å². The topological polar surface area (TPSA) is 52.0 Å². The quantitative estimate of drug-likeness (QED) is 0.347. The van der Waals surface area contributed by atoms with E-state index in [9.17, 15) is 9.59 Å². The van der Waals surface area contributed by atoms with Gasteiger partial charge in [-0.25, -0.2) is 4.98 Å². The van der Waals surface area contributed by atoms with Gasteiger partial charge in [-0.05, 0) is 74.8 Å². The molecule has 0 radical (unpaired) electrons. The Hall–Kier alpha value is -1.92. The van der Waals surface area contributed by atoms with Gasteiger partial charge in [0.2, 0.25) is 0 Å². The molecular formula is C22H24N2O2S2. The number of thioether (sulfide) groups is 1. The van der Waals surface area contributed by atoms with E-state index in [1.165, 1.54) is 16.0 Å². The first-order chi connectivity index (χ1) is 13.3. The molecule has 1 aromatic carbocycles. The predicted octanol–water partition coefficient (Wildman–Crippen LogP) is 4.90. The summed E-state index contributed by atoms with van der Waals surface area (Å²) in [6, 6.07) is 2.08. The lowest BCUT2D eigenvalue weighted by Gasteiger charge is -2.16. The minimum absolute atomic E-state index is 0.0636. The number of thiophene rings is 1. The SMILES string of the molecule is CC(=O)c1c(C)cc(C)c(CSc2nc3sc4c(c3c(=O)n2C)CCC4)c1C. The van der Waals surface area contributed by atoms with Gasteiger partial charge in [-0.3, -0.25) is 14.2 Å². The van der Waals surface area contributed by atoms with Gasteiger partial charge in [0.05, 0.1) is 5.39 Å². The van der Waals surface area contributed by atoms with Gasteiger partial charge in [0.25, 0.3) is 5.56 Å². The lowest BCUT2D eigenvalue weighted by atomic mass is 9.92. The molecule has 28 heavy (non-hydrogen) atoms. The largest absolute Gasteiger partial charge is 0.294 e. The number of aryl methyl sites for hydroxylation is 4. The molecule has 0 saturated carbocycles. The highest BCUT2D eigenvalue weighted by Crippen LogP contribution is 2.36. The van der Waals surface area contributed by atoms with Crippen LogP contribution in [0.1, 0.15) is 56.4 Å². The zero-order chi connectivity index (χ0) is 20.2. The second-order valence-electron chi connectivity index (χ2n) is 7.63. The maximum Gasteiger partial charge on any atom is 0.262 e. The molecule has 0 fully saturated rings. The van der Waals surface area contributed by atoms with Crippen molar-refractivity contribution in [1.29, 1.82) is 0 Å². The molecule has 0 atom stereocenters. The Morgan fingerprint density at radius 3 is 2.71 bits per heavy atom. The molecule has 0 bridgehead atoms. The molecule has 0 aliphatic heterocycles. The van der Waals surface area contributed by atoms with Crippen LogP contribution in [0.5, 0.6) is 0 Å². The van der Waals surface area contributed by atoms with Crippen LogP contribution in [0, 0.1) is 20.8 Å². The Kier molecular flexibility index (Phi) is 4.96.